The van der Waals surface area contributed by atoms with E-state index in [9.17, 15) is 5.11 Å². The third kappa shape index (κ3) is 4.63. The summed E-state index contributed by atoms with van der Waals surface area (Å²) in [5.41, 5.74) is 0.490. The summed E-state index contributed by atoms with van der Waals surface area (Å²) in [5.74, 6) is 0.888. The molecule has 1 unspecified atom stereocenters. The molecular weight excluding hydrogens is 226 g/mol. The fourth-order valence-corrected chi connectivity index (χ4v) is 2.00. The predicted molar refractivity (Wildman–Crippen MR) is 75.9 cm³/mol. The molecule has 4 nitrogen and oxygen atoms in total. The monoisotopic (exact) mass is 251 g/mol. The van der Waals surface area contributed by atoms with Gasteiger partial charge in [0.1, 0.15) is 5.82 Å². The molecule has 0 saturated carbocycles. The van der Waals surface area contributed by atoms with Crippen molar-refractivity contribution in [3.63, 3.8) is 0 Å². The Morgan fingerprint density at radius 3 is 2.72 bits per heavy atom. The van der Waals surface area contributed by atoms with Gasteiger partial charge in [-0.05, 0) is 45.0 Å². The zero-order valence-corrected chi connectivity index (χ0v) is 12.1. The van der Waals surface area contributed by atoms with Gasteiger partial charge in [0.15, 0.2) is 0 Å². The van der Waals surface area contributed by atoms with Crippen molar-refractivity contribution in [1.82, 2.24) is 10.3 Å². The average Bonchev–Trinajstić information content (AvgIpc) is 2.27. The second-order valence-electron chi connectivity index (χ2n) is 5.40. The molecule has 1 aromatic rings. The van der Waals surface area contributed by atoms with Crippen LogP contribution in [-0.4, -0.2) is 35.8 Å². The van der Waals surface area contributed by atoms with Gasteiger partial charge in [-0.1, -0.05) is 6.92 Å². The van der Waals surface area contributed by atoms with Crippen molar-refractivity contribution in [1.29, 1.82) is 0 Å². The smallest absolute Gasteiger partial charge is 0.128 e. The third-order valence-corrected chi connectivity index (χ3v) is 2.80. The zero-order valence-electron chi connectivity index (χ0n) is 12.1. The number of nitrogens with zero attached hydrogens (tertiary/aromatic N) is 2. The number of aliphatic hydroxyl groups is 1. The van der Waals surface area contributed by atoms with Gasteiger partial charge in [-0.2, -0.15) is 0 Å². The molecule has 0 aliphatic heterocycles. The van der Waals surface area contributed by atoms with Crippen molar-refractivity contribution in [2.24, 2.45) is 0 Å². The zero-order chi connectivity index (χ0) is 13.8. The molecule has 0 saturated heterocycles. The van der Waals surface area contributed by atoms with Crippen LogP contribution in [-0.2, 0) is 0 Å². The lowest BCUT2D eigenvalue weighted by Crippen LogP contribution is -2.36. The Kier molecular flexibility index (Phi) is 5.11. The highest BCUT2D eigenvalue weighted by Gasteiger charge is 2.17. The van der Waals surface area contributed by atoms with E-state index in [1.165, 1.54) is 5.56 Å². The Bertz CT molecular complexity index is 374. The maximum Gasteiger partial charge on any atom is 0.128 e. The Morgan fingerprint density at radius 2 is 2.17 bits per heavy atom. The topological polar surface area (TPSA) is 48.4 Å². The van der Waals surface area contributed by atoms with Crippen LogP contribution in [0.1, 0.15) is 39.3 Å². The summed E-state index contributed by atoms with van der Waals surface area (Å²) >= 11 is 0. The molecule has 0 aromatic carbocycles. The first-order valence-electron chi connectivity index (χ1n) is 6.46. The molecule has 4 heteroatoms. The van der Waals surface area contributed by atoms with Crippen molar-refractivity contribution >= 4 is 5.82 Å². The van der Waals surface area contributed by atoms with E-state index in [4.69, 9.17) is 0 Å². The van der Waals surface area contributed by atoms with E-state index in [-0.39, 0.29) is 0 Å². The van der Waals surface area contributed by atoms with Crippen LogP contribution < -0.4 is 10.2 Å². The highest BCUT2D eigenvalue weighted by atomic mass is 16.3. The molecule has 2 N–H and O–H groups in total. The number of anilines is 1. The van der Waals surface area contributed by atoms with Crippen molar-refractivity contribution in [3.05, 3.63) is 23.9 Å². The maximum atomic E-state index is 9.83. The summed E-state index contributed by atoms with van der Waals surface area (Å²) in [6.45, 7) is 9.33. The second kappa shape index (κ2) is 6.16. The van der Waals surface area contributed by atoms with Gasteiger partial charge in [-0.15, -0.1) is 0 Å². The standard InChI is InChI=1S/C14H25N3O/c1-6-15-11(2)12-7-8-16-13(9-12)17(5)10-14(3,4)18/h7-9,11,15,18H,6,10H2,1-5H3. The van der Waals surface area contributed by atoms with Crippen molar-refractivity contribution in [3.8, 4) is 0 Å². The van der Waals surface area contributed by atoms with Gasteiger partial charge < -0.3 is 15.3 Å². The van der Waals surface area contributed by atoms with E-state index >= 15 is 0 Å². The fraction of sp³-hybridized carbons (Fsp3) is 0.643. The first kappa shape index (κ1) is 14.9. The Labute approximate surface area is 110 Å². The molecule has 1 heterocycles. The molecule has 1 rings (SSSR count). The molecule has 0 radical (unpaired) electrons. The number of hydrogen-bond donors (Lipinski definition) is 2. The summed E-state index contributed by atoms with van der Waals surface area (Å²) in [7, 11) is 1.95. The summed E-state index contributed by atoms with van der Waals surface area (Å²) in [6, 6.07) is 4.40. The van der Waals surface area contributed by atoms with Crippen molar-refractivity contribution < 1.29 is 5.11 Å². The molecule has 18 heavy (non-hydrogen) atoms. The van der Waals surface area contributed by atoms with E-state index in [2.05, 4.69) is 30.2 Å². The molecule has 1 aromatic heterocycles. The van der Waals surface area contributed by atoms with Gasteiger partial charge in [-0.25, -0.2) is 4.98 Å². The molecule has 0 amide bonds. The predicted octanol–water partition coefficient (Wildman–Crippen LogP) is 1.96. The van der Waals surface area contributed by atoms with Gasteiger partial charge in [0.25, 0.3) is 0 Å². The molecule has 0 aliphatic carbocycles. The fourth-order valence-electron chi connectivity index (χ4n) is 2.00. The van der Waals surface area contributed by atoms with Crippen LogP contribution >= 0.6 is 0 Å². The minimum absolute atomic E-state index is 0.312. The normalized spacial score (nSPS) is 13.4. The van der Waals surface area contributed by atoms with Gasteiger partial charge in [0, 0.05) is 25.8 Å². The average molecular weight is 251 g/mol. The highest BCUT2D eigenvalue weighted by molar-refractivity contribution is 5.41. The van der Waals surface area contributed by atoms with Crippen LogP contribution in [0.5, 0.6) is 0 Å². The van der Waals surface area contributed by atoms with E-state index in [1.54, 1.807) is 13.8 Å². The largest absolute Gasteiger partial charge is 0.389 e. The Balaban J connectivity index is 2.81. The lowest BCUT2D eigenvalue weighted by atomic mass is 10.1. The third-order valence-electron chi connectivity index (χ3n) is 2.80. The summed E-state index contributed by atoms with van der Waals surface area (Å²) in [4.78, 5) is 6.33. The van der Waals surface area contributed by atoms with Crippen LogP contribution in [0.15, 0.2) is 18.3 Å². The summed E-state index contributed by atoms with van der Waals surface area (Å²) < 4.78 is 0. The van der Waals surface area contributed by atoms with Crippen molar-refractivity contribution in [2.45, 2.75) is 39.3 Å². The van der Waals surface area contributed by atoms with Gasteiger partial charge in [0.05, 0.1) is 5.60 Å². The second-order valence-corrected chi connectivity index (χ2v) is 5.40. The summed E-state index contributed by atoms with van der Waals surface area (Å²) in [5, 5.41) is 13.2. The van der Waals surface area contributed by atoms with E-state index < -0.39 is 5.60 Å². The SMILES string of the molecule is CCNC(C)c1ccnc(N(C)CC(C)(C)O)c1. The first-order valence-corrected chi connectivity index (χ1v) is 6.46. The minimum atomic E-state index is -0.723. The quantitative estimate of drug-likeness (QED) is 0.811. The van der Waals surface area contributed by atoms with Crippen LogP contribution in [0.25, 0.3) is 0 Å². The number of hydrogen-bond acceptors (Lipinski definition) is 4. The molecule has 0 spiro atoms. The molecule has 0 bridgehead atoms. The van der Waals surface area contributed by atoms with Crippen LogP contribution in [0.4, 0.5) is 5.82 Å². The number of pyridine rings is 1. The van der Waals surface area contributed by atoms with Gasteiger partial charge >= 0.3 is 0 Å². The number of nitrogens with one attached hydrogen (secondary N) is 1. The van der Waals surface area contributed by atoms with E-state index in [1.807, 2.05) is 24.2 Å². The highest BCUT2D eigenvalue weighted by Crippen LogP contribution is 2.18. The van der Waals surface area contributed by atoms with Crippen molar-refractivity contribution in [2.75, 3.05) is 25.0 Å². The first-order chi connectivity index (χ1) is 8.33. The van der Waals surface area contributed by atoms with Crippen LogP contribution in [0.3, 0.4) is 0 Å². The van der Waals surface area contributed by atoms with Crippen LogP contribution in [0.2, 0.25) is 0 Å². The number of likely N-dealkylation sites (N-methyl/N-ethyl adjacent to an activating group) is 1. The molecular formula is C14H25N3O. The molecule has 102 valence electrons. The van der Waals surface area contributed by atoms with Gasteiger partial charge in [-0.3, -0.25) is 0 Å². The molecule has 0 aliphatic rings. The van der Waals surface area contributed by atoms with E-state index in [0.717, 1.165) is 12.4 Å². The molecule has 0 fully saturated rings. The lowest BCUT2D eigenvalue weighted by molar-refractivity contribution is 0.0884. The van der Waals surface area contributed by atoms with Crippen LogP contribution in [0, 0.1) is 0 Å². The molecule has 1 atom stereocenters. The lowest BCUT2D eigenvalue weighted by Gasteiger charge is -2.27. The van der Waals surface area contributed by atoms with E-state index in [0.29, 0.717) is 12.6 Å². The number of aromatic nitrogens is 1. The maximum absolute atomic E-state index is 9.83. The van der Waals surface area contributed by atoms with Gasteiger partial charge in [0.2, 0.25) is 0 Å². The Morgan fingerprint density at radius 1 is 1.50 bits per heavy atom. The Hall–Kier alpha value is -1.13. The number of rotatable bonds is 6. The minimum Gasteiger partial charge on any atom is -0.389 e. The summed E-state index contributed by atoms with van der Waals surface area (Å²) in [6.07, 6.45) is 1.82.